The highest BCUT2D eigenvalue weighted by Crippen LogP contribution is 2.48. The number of amides is 1. The Morgan fingerprint density at radius 1 is 1.07 bits per heavy atom. The van der Waals surface area contributed by atoms with Crippen LogP contribution in [0.3, 0.4) is 0 Å². The van der Waals surface area contributed by atoms with Crippen LogP contribution in [0.2, 0.25) is 0 Å². The third kappa shape index (κ3) is 3.03. The molecule has 2 atom stereocenters. The molecule has 2 aliphatic carbocycles. The number of benzene rings is 1. The van der Waals surface area contributed by atoms with Gasteiger partial charge in [0.15, 0.2) is 0 Å². The van der Waals surface area contributed by atoms with Crippen LogP contribution in [-0.2, 0) is 17.6 Å². The number of hydrogen-bond donors (Lipinski definition) is 1. The second-order valence-electron chi connectivity index (χ2n) is 8.48. The van der Waals surface area contributed by atoms with E-state index in [1.54, 1.807) is 0 Å². The Balaban J connectivity index is 1.34. The highest BCUT2D eigenvalue weighted by atomic mass is 16.1. The quantitative estimate of drug-likeness (QED) is 0.896. The summed E-state index contributed by atoms with van der Waals surface area (Å²) in [5.41, 5.74) is 9.34. The summed E-state index contributed by atoms with van der Waals surface area (Å²) in [7, 11) is 0. The third-order valence-electron chi connectivity index (χ3n) is 6.80. The van der Waals surface area contributed by atoms with E-state index in [0.29, 0.717) is 5.92 Å². The van der Waals surface area contributed by atoms with Crippen molar-refractivity contribution < 1.29 is 4.79 Å². The van der Waals surface area contributed by atoms with E-state index in [4.69, 9.17) is 5.73 Å². The molecule has 2 unspecified atom stereocenters. The molecule has 1 aromatic heterocycles. The maximum atomic E-state index is 12.2. The minimum atomic E-state index is -0.438. The molecule has 2 aromatic rings. The van der Waals surface area contributed by atoms with Gasteiger partial charge >= 0.3 is 0 Å². The first-order chi connectivity index (χ1) is 13.6. The number of nitrogens with zero attached hydrogens (tertiary/aromatic N) is 3. The van der Waals surface area contributed by atoms with Crippen molar-refractivity contribution in [3.8, 4) is 0 Å². The molecular weight excluding hydrogens is 348 g/mol. The van der Waals surface area contributed by atoms with E-state index < -0.39 is 5.41 Å². The molecule has 1 saturated carbocycles. The van der Waals surface area contributed by atoms with Crippen LogP contribution in [-0.4, -0.2) is 37.1 Å². The minimum Gasteiger partial charge on any atom is -0.369 e. The highest BCUT2D eigenvalue weighted by Gasteiger charge is 2.46. The molecule has 1 radical (unpaired) electrons. The van der Waals surface area contributed by atoms with Crippen molar-refractivity contribution in [3.63, 3.8) is 0 Å². The number of piperazine rings is 1. The largest absolute Gasteiger partial charge is 0.369 e. The highest BCUT2D eigenvalue weighted by molar-refractivity contribution is 5.83. The van der Waals surface area contributed by atoms with Crippen molar-refractivity contribution in [1.82, 2.24) is 4.98 Å². The van der Waals surface area contributed by atoms with E-state index in [-0.39, 0.29) is 5.91 Å². The fourth-order valence-corrected chi connectivity index (χ4v) is 5.19. The summed E-state index contributed by atoms with van der Waals surface area (Å²) in [6.07, 6.45) is 7.89. The average Bonchev–Trinajstić information content (AvgIpc) is 3.05. The first-order valence-corrected chi connectivity index (χ1v) is 10.3. The lowest BCUT2D eigenvalue weighted by atomic mass is 9.79. The van der Waals surface area contributed by atoms with Gasteiger partial charge in [-0.15, -0.1) is 0 Å². The number of rotatable bonds is 3. The van der Waals surface area contributed by atoms with E-state index in [1.165, 1.54) is 16.8 Å². The average molecular weight is 375 g/mol. The van der Waals surface area contributed by atoms with Gasteiger partial charge in [-0.2, -0.15) is 0 Å². The van der Waals surface area contributed by atoms with E-state index in [1.807, 2.05) is 18.3 Å². The van der Waals surface area contributed by atoms with Crippen LogP contribution in [0.5, 0.6) is 0 Å². The molecule has 1 saturated heterocycles. The molecule has 1 amide bonds. The predicted octanol–water partition coefficient (Wildman–Crippen LogP) is 2.59. The summed E-state index contributed by atoms with van der Waals surface area (Å²) in [4.78, 5) is 21.5. The first-order valence-electron chi connectivity index (χ1n) is 10.3. The summed E-state index contributed by atoms with van der Waals surface area (Å²) >= 11 is 0. The Morgan fingerprint density at radius 3 is 2.64 bits per heavy atom. The van der Waals surface area contributed by atoms with Crippen molar-refractivity contribution in [2.24, 2.45) is 17.1 Å². The number of aromatic nitrogens is 1. The fraction of sp³-hybridized carbons (Fsp3) is 0.435. The molecule has 5 nitrogen and oxygen atoms in total. The monoisotopic (exact) mass is 375 g/mol. The number of carbonyl (C=O) groups is 1. The van der Waals surface area contributed by atoms with Crippen LogP contribution in [0.25, 0.3) is 0 Å². The number of anilines is 2. The van der Waals surface area contributed by atoms with Gasteiger partial charge < -0.3 is 15.5 Å². The van der Waals surface area contributed by atoms with Gasteiger partial charge in [-0.3, -0.25) is 4.79 Å². The van der Waals surface area contributed by atoms with Gasteiger partial charge in [-0.05, 0) is 73.4 Å². The Hall–Kier alpha value is -2.56. The SMILES string of the molecule is NC(=O)C12[CH]C(CC1)Cc1ccc(N3CCN(c4ccccn4)CC3)cc1C2. The van der Waals surface area contributed by atoms with Gasteiger partial charge in [0.2, 0.25) is 5.91 Å². The van der Waals surface area contributed by atoms with E-state index in [9.17, 15) is 4.79 Å². The van der Waals surface area contributed by atoms with Crippen LogP contribution >= 0.6 is 0 Å². The number of primary amides is 1. The number of fused-ring (bicyclic) bond motifs is 3. The first kappa shape index (κ1) is 17.5. The molecule has 1 aliphatic heterocycles. The molecule has 5 heteroatoms. The van der Waals surface area contributed by atoms with Crippen LogP contribution in [0.4, 0.5) is 11.5 Å². The lowest BCUT2D eigenvalue weighted by Crippen LogP contribution is -2.46. The summed E-state index contributed by atoms with van der Waals surface area (Å²) < 4.78 is 0. The third-order valence-corrected chi connectivity index (χ3v) is 6.80. The molecule has 2 N–H and O–H groups in total. The van der Waals surface area contributed by atoms with Crippen molar-refractivity contribution in [3.05, 3.63) is 60.1 Å². The Kier molecular flexibility index (Phi) is 4.26. The predicted molar refractivity (Wildman–Crippen MR) is 111 cm³/mol. The molecule has 145 valence electrons. The standard InChI is InChI=1S/C23H27N4O/c24-22(28)23-7-6-17(15-23)13-18-4-5-20(14-19(18)16-23)26-9-11-27(12-10-26)21-3-1-2-8-25-21/h1-5,8,14-15,17H,6-7,9-13,16H2,(H2,24,28). The lowest BCUT2D eigenvalue weighted by molar-refractivity contribution is -0.125. The van der Waals surface area contributed by atoms with Crippen LogP contribution in [0, 0.1) is 17.8 Å². The van der Waals surface area contributed by atoms with Gasteiger partial charge in [0.25, 0.3) is 0 Å². The van der Waals surface area contributed by atoms with Crippen molar-refractivity contribution in [2.75, 3.05) is 36.0 Å². The van der Waals surface area contributed by atoms with Crippen LogP contribution < -0.4 is 15.5 Å². The second kappa shape index (κ2) is 6.80. The molecule has 1 aromatic carbocycles. The molecular formula is C23H27N4O. The number of pyridine rings is 1. The molecule has 2 fully saturated rings. The minimum absolute atomic E-state index is 0.155. The Morgan fingerprint density at radius 2 is 1.89 bits per heavy atom. The second-order valence-corrected chi connectivity index (χ2v) is 8.48. The molecule has 5 rings (SSSR count). The normalized spacial score (nSPS) is 26.6. The Bertz CT molecular complexity index is 875. The molecule has 0 spiro atoms. The zero-order chi connectivity index (χ0) is 19.1. The van der Waals surface area contributed by atoms with E-state index >= 15 is 0 Å². The zero-order valence-electron chi connectivity index (χ0n) is 16.2. The van der Waals surface area contributed by atoms with Crippen molar-refractivity contribution >= 4 is 17.4 Å². The summed E-state index contributed by atoms with van der Waals surface area (Å²) in [6, 6.07) is 12.9. The van der Waals surface area contributed by atoms with Gasteiger partial charge in [-0.25, -0.2) is 4.98 Å². The fourth-order valence-electron chi connectivity index (χ4n) is 5.19. The van der Waals surface area contributed by atoms with Crippen molar-refractivity contribution in [1.29, 1.82) is 0 Å². The van der Waals surface area contributed by atoms with Crippen molar-refractivity contribution in [2.45, 2.75) is 25.7 Å². The van der Waals surface area contributed by atoms with Gasteiger partial charge in [0.05, 0.1) is 5.41 Å². The molecule has 2 bridgehead atoms. The van der Waals surface area contributed by atoms with Gasteiger partial charge in [0, 0.05) is 38.1 Å². The number of nitrogens with two attached hydrogens (primary N) is 1. The molecule has 3 aliphatic rings. The molecule has 28 heavy (non-hydrogen) atoms. The van der Waals surface area contributed by atoms with Crippen LogP contribution in [0.15, 0.2) is 42.6 Å². The van der Waals surface area contributed by atoms with Gasteiger partial charge in [0.1, 0.15) is 5.82 Å². The Labute approximate surface area is 166 Å². The topological polar surface area (TPSA) is 62.5 Å². The summed E-state index contributed by atoms with van der Waals surface area (Å²) in [5.74, 6) is 1.39. The number of carbonyl (C=O) groups excluding carboxylic acids is 1. The van der Waals surface area contributed by atoms with E-state index in [0.717, 1.165) is 57.7 Å². The zero-order valence-corrected chi connectivity index (χ0v) is 16.2. The maximum absolute atomic E-state index is 12.2. The number of hydrogen-bond acceptors (Lipinski definition) is 4. The van der Waals surface area contributed by atoms with E-state index in [2.05, 4.69) is 45.5 Å². The van der Waals surface area contributed by atoms with Crippen LogP contribution in [0.1, 0.15) is 24.0 Å². The lowest BCUT2D eigenvalue weighted by Gasteiger charge is -2.37. The molecule has 2 heterocycles. The smallest absolute Gasteiger partial charge is 0.224 e. The summed E-state index contributed by atoms with van der Waals surface area (Å²) in [5, 5.41) is 0. The van der Waals surface area contributed by atoms with Gasteiger partial charge in [-0.1, -0.05) is 12.1 Å². The maximum Gasteiger partial charge on any atom is 0.224 e. The summed E-state index contributed by atoms with van der Waals surface area (Å²) in [6.45, 7) is 3.89.